The Kier molecular flexibility index (Phi) is 3.50. The van der Waals surface area contributed by atoms with Gasteiger partial charge in [-0.2, -0.15) is 5.10 Å². The fourth-order valence-corrected chi connectivity index (χ4v) is 1.09. The molecule has 1 aromatic heterocycles. The molecule has 0 amide bonds. The minimum atomic E-state index is -0.579. The summed E-state index contributed by atoms with van der Waals surface area (Å²) in [6, 6.07) is 1.63. The van der Waals surface area contributed by atoms with Crippen molar-refractivity contribution >= 4 is 23.3 Å². The van der Waals surface area contributed by atoms with Crippen LogP contribution in [0.1, 0.15) is 23.1 Å². The third-order valence-corrected chi connectivity index (χ3v) is 1.65. The number of aromatic nitrogens is 2. The second-order valence-electron chi connectivity index (χ2n) is 2.55. The van der Waals surface area contributed by atoms with Gasteiger partial charge in [-0.3, -0.25) is 4.68 Å². The number of hydrogen-bond donors (Lipinski definition) is 0. The molecule has 0 aliphatic carbocycles. The van der Waals surface area contributed by atoms with Crippen LogP contribution in [0.5, 0.6) is 0 Å². The Bertz CT molecular complexity index is 393. The predicted octanol–water partition coefficient (Wildman–Crippen LogP) is 1.39. The van der Waals surface area contributed by atoms with Crippen molar-refractivity contribution in [1.82, 2.24) is 9.78 Å². The molecule has 0 spiro atoms. The Balaban J connectivity index is 2.93. The Hall–Kier alpha value is -1.52. The molecular formula is C8H9N3O2S. The summed E-state index contributed by atoms with van der Waals surface area (Å²) in [4.78, 5) is 15.8. The quantitative estimate of drug-likeness (QED) is 0.328. The van der Waals surface area contributed by atoms with Crippen molar-refractivity contribution in [2.75, 3.05) is 0 Å². The van der Waals surface area contributed by atoms with Crippen LogP contribution in [0, 0.1) is 6.92 Å². The maximum absolute atomic E-state index is 11.3. The monoisotopic (exact) mass is 211 g/mol. The minimum absolute atomic E-state index is 0.360. The highest BCUT2D eigenvalue weighted by atomic mass is 32.1. The van der Waals surface area contributed by atoms with Crippen LogP contribution >= 0.6 is 12.2 Å². The molecule has 0 fully saturated rings. The average molecular weight is 211 g/mol. The SMILES string of the molecule is CCn1nc(C)cc1C(=O)ON=C=S. The number of hydrogen-bond acceptors (Lipinski definition) is 5. The molecule has 0 atom stereocenters. The summed E-state index contributed by atoms with van der Waals surface area (Å²) in [5.41, 5.74) is 1.11. The number of thiocarbonyl (C=S) groups is 1. The molecule has 0 saturated heterocycles. The molecule has 5 nitrogen and oxygen atoms in total. The fraction of sp³-hybridized carbons (Fsp3) is 0.375. The Morgan fingerprint density at radius 1 is 1.86 bits per heavy atom. The molecule has 74 valence electrons. The summed E-state index contributed by atoms with van der Waals surface area (Å²) in [6.07, 6.45) is 0. The summed E-state index contributed by atoms with van der Waals surface area (Å²) in [6.45, 7) is 4.27. The van der Waals surface area contributed by atoms with Gasteiger partial charge >= 0.3 is 5.97 Å². The minimum Gasteiger partial charge on any atom is -0.302 e. The van der Waals surface area contributed by atoms with Crippen LogP contribution in [0.3, 0.4) is 0 Å². The zero-order valence-electron chi connectivity index (χ0n) is 7.85. The van der Waals surface area contributed by atoms with E-state index in [0.29, 0.717) is 12.2 Å². The highest BCUT2D eigenvalue weighted by Crippen LogP contribution is 2.05. The first kappa shape index (κ1) is 10.6. The molecular weight excluding hydrogens is 202 g/mol. The Labute approximate surface area is 86.3 Å². The van der Waals surface area contributed by atoms with Gasteiger partial charge < -0.3 is 4.84 Å². The van der Waals surface area contributed by atoms with Gasteiger partial charge in [0.2, 0.25) is 0 Å². The van der Waals surface area contributed by atoms with E-state index >= 15 is 0 Å². The van der Waals surface area contributed by atoms with Crippen LogP contribution in [0.25, 0.3) is 0 Å². The normalized spacial score (nSPS) is 9.29. The van der Waals surface area contributed by atoms with Crippen molar-refractivity contribution in [2.24, 2.45) is 5.16 Å². The molecule has 1 rings (SSSR count). The van der Waals surface area contributed by atoms with Crippen LogP contribution in [0.15, 0.2) is 11.2 Å². The summed E-state index contributed by atoms with van der Waals surface area (Å²) < 4.78 is 1.54. The molecule has 6 heteroatoms. The molecule has 1 aromatic rings. The lowest BCUT2D eigenvalue weighted by Crippen LogP contribution is -2.10. The lowest BCUT2D eigenvalue weighted by atomic mass is 10.4. The van der Waals surface area contributed by atoms with Gasteiger partial charge in [-0.25, -0.2) is 4.79 Å². The highest BCUT2D eigenvalue weighted by molar-refractivity contribution is 7.78. The van der Waals surface area contributed by atoms with Gasteiger partial charge in [-0.15, -0.1) is 0 Å². The Morgan fingerprint density at radius 2 is 2.57 bits per heavy atom. The topological polar surface area (TPSA) is 56.5 Å². The lowest BCUT2D eigenvalue weighted by molar-refractivity contribution is 0.0506. The number of rotatable bonds is 3. The van der Waals surface area contributed by atoms with Crippen molar-refractivity contribution in [3.8, 4) is 0 Å². The zero-order chi connectivity index (χ0) is 10.6. The summed E-state index contributed by atoms with van der Waals surface area (Å²) in [5, 5.41) is 9.14. The van der Waals surface area contributed by atoms with E-state index in [4.69, 9.17) is 0 Å². The molecule has 0 aromatic carbocycles. The predicted molar refractivity (Wildman–Crippen MR) is 53.1 cm³/mol. The second-order valence-corrected chi connectivity index (χ2v) is 2.73. The third kappa shape index (κ3) is 2.25. The van der Waals surface area contributed by atoms with E-state index in [2.05, 4.69) is 27.3 Å². The average Bonchev–Trinajstić information content (AvgIpc) is 2.56. The van der Waals surface area contributed by atoms with Crippen molar-refractivity contribution in [1.29, 1.82) is 0 Å². The van der Waals surface area contributed by atoms with Crippen LogP contribution in [0.2, 0.25) is 0 Å². The van der Waals surface area contributed by atoms with Gasteiger partial charge in [0.15, 0.2) is 0 Å². The molecule has 0 bridgehead atoms. The molecule has 0 unspecified atom stereocenters. The van der Waals surface area contributed by atoms with Crippen molar-refractivity contribution in [3.63, 3.8) is 0 Å². The van der Waals surface area contributed by atoms with Crippen molar-refractivity contribution in [3.05, 3.63) is 17.5 Å². The second kappa shape index (κ2) is 4.64. The number of aryl methyl sites for hydroxylation is 2. The number of nitrogens with zero attached hydrogens (tertiary/aromatic N) is 3. The van der Waals surface area contributed by atoms with Gasteiger partial charge in [0.1, 0.15) is 10.9 Å². The maximum Gasteiger partial charge on any atom is 0.384 e. The van der Waals surface area contributed by atoms with E-state index in [1.54, 1.807) is 13.0 Å². The van der Waals surface area contributed by atoms with E-state index in [9.17, 15) is 4.79 Å². The standard InChI is InChI=1S/C8H9N3O2S/c1-3-11-7(4-6(2)10-11)8(12)13-9-5-14/h4H,3H2,1-2H3. The van der Waals surface area contributed by atoms with Gasteiger partial charge in [-0.05, 0) is 37.3 Å². The summed E-state index contributed by atoms with van der Waals surface area (Å²) in [5.74, 6) is -0.579. The van der Waals surface area contributed by atoms with Crippen LogP contribution in [-0.4, -0.2) is 20.9 Å². The van der Waals surface area contributed by atoms with E-state index in [1.807, 2.05) is 12.1 Å². The summed E-state index contributed by atoms with van der Waals surface area (Å²) in [7, 11) is 0. The molecule has 0 saturated carbocycles. The van der Waals surface area contributed by atoms with E-state index < -0.39 is 5.97 Å². The van der Waals surface area contributed by atoms with E-state index in [0.717, 1.165) is 5.69 Å². The summed E-state index contributed by atoms with van der Waals surface area (Å²) >= 11 is 4.27. The van der Waals surface area contributed by atoms with Crippen LogP contribution in [-0.2, 0) is 11.4 Å². The first-order chi connectivity index (χ1) is 6.69. The van der Waals surface area contributed by atoms with Crippen molar-refractivity contribution in [2.45, 2.75) is 20.4 Å². The fourth-order valence-electron chi connectivity index (χ4n) is 1.06. The van der Waals surface area contributed by atoms with Crippen molar-refractivity contribution < 1.29 is 9.63 Å². The largest absolute Gasteiger partial charge is 0.384 e. The molecule has 0 radical (unpaired) electrons. The van der Waals surface area contributed by atoms with E-state index in [-0.39, 0.29) is 0 Å². The number of carbonyl (C=O) groups is 1. The highest BCUT2D eigenvalue weighted by Gasteiger charge is 2.14. The number of isothiocyanates is 1. The Morgan fingerprint density at radius 3 is 3.14 bits per heavy atom. The van der Waals surface area contributed by atoms with Gasteiger partial charge in [0.25, 0.3) is 0 Å². The molecule has 0 aliphatic rings. The van der Waals surface area contributed by atoms with Crippen LogP contribution < -0.4 is 0 Å². The number of carbonyl (C=O) groups excluding carboxylic acids is 1. The van der Waals surface area contributed by atoms with Gasteiger partial charge in [0, 0.05) is 6.54 Å². The van der Waals surface area contributed by atoms with Crippen LogP contribution in [0.4, 0.5) is 0 Å². The van der Waals surface area contributed by atoms with Gasteiger partial charge in [0.05, 0.1) is 5.69 Å². The third-order valence-electron chi connectivity index (χ3n) is 1.58. The molecule has 0 N–H and O–H groups in total. The first-order valence-corrected chi connectivity index (χ1v) is 4.42. The molecule has 0 aliphatic heterocycles. The molecule has 1 heterocycles. The van der Waals surface area contributed by atoms with E-state index in [1.165, 1.54) is 4.68 Å². The zero-order valence-corrected chi connectivity index (χ0v) is 8.67. The van der Waals surface area contributed by atoms with Gasteiger partial charge in [-0.1, -0.05) is 0 Å². The first-order valence-electron chi connectivity index (χ1n) is 4.02. The maximum atomic E-state index is 11.3. The molecule has 14 heavy (non-hydrogen) atoms. The smallest absolute Gasteiger partial charge is 0.302 e. The lowest BCUT2D eigenvalue weighted by Gasteiger charge is -1.99.